The third-order valence-corrected chi connectivity index (χ3v) is 6.32. The highest BCUT2D eigenvalue weighted by Gasteiger charge is 2.18. The van der Waals surface area contributed by atoms with Crippen LogP contribution in [0.2, 0.25) is 0 Å². The van der Waals surface area contributed by atoms with E-state index in [0.717, 1.165) is 59.4 Å². The van der Waals surface area contributed by atoms with Crippen molar-refractivity contribution in [3.63, 3.8) is 0 Å². The van der Waals surface area contributed by atoms with Crippen molar-refractivity contribution in [3.05, 3.63) is 82.3 Å². The van der Waals surface area contributed by atoms with Gasteiger partial charge in [-0.3, -0.25) is 9.69 Å². The predicted molar refractivity (Wildman–Crippen MR) is 137 cm³/mol. The molecule has 1 aromatic heterocycles. The molecule has 1 amide bonds. The third kappa shape index (κ3) is 5.12. The Morgan fingerprint density at radius 2 is 1.79 bits per heavy atom. The van der Waals surface area contributed by atoms with Crippen molar-refractivity contribution in [1.82, 2.24) is 15.2 Å². The summed E-state index contributed by atoms with van der Waals surface area (Å²) in [6.45, 7) is 4.86. The average molecular weight is 528 g/mol. The lowest BCUT2D eigenvalue weighted by Gasteiger charge is -2.27. The Morgan fingerprint density at radius 3 is 2.61 bits per heavy atom. The minimum Gasteiger partial charge on any atom is -0.436 e. The smallest absolute Gasteiger partial charge is 0.256 e. The van der Waals surface area contributed by atoms with Crippen LogP contribution in [-0.4, -0.2) is 42.0 Å². The molecule has 0 spiro atoms. The van der Waals surface area contributed by atoms with Gasteiger partial charge < -0.3 is 15.1 Å². The van der Waals surface area contributed by atoms with Crippen molar-refractivity contribution in [2.45, 2.75) is 6.54 Å². The van der Waals surface area contributed by atoms with E-state index in [1.165, 1.54) is 0 Å². The number of amides is 1. The first-order valence-corrected chi connectivity index (χ1v) is 11.4. The van der Waals surface area contributed by atoms with E-state index >= 15 is 0 Å². The summed E-state index contributed by atoms with van der Waals surface area (Å²) in [6.07, 6.45) is 0. The van der Waals surface area contributed by atoms with E-state index in [9.17, 15) is 4.79 Å². The monoisotopic (exact) mass is 526 g/mol. The van der Waals surface area contributed by atoms with E-state index < -0.39 is 0 Å². The maximum atomic E-state index is 12.9. The number of fused-ring (bicyclic) bond motifs is 1. The number of hydrogen-bond acceptors (Lipinski definition) is 5. The molecule has 5 rings (SSSR count). The van der Waals surface area contributed by atoms with Gasteiger partial charge in [-0.1, -0.05) is 36.4 Å². The maximum absolute atomic E-state index is 12.9. The summed E-state index contributed by atoms with van der Waals surface area (Å²) in [5.74, 6) is 0.302. The van der Waals surface area contributed by atoms with Crippen LogP contribution in [0.15, 0.2) is 75.6 Å². The van der Waals surface area contributed by atoms with Crippen molar-refractivity contribution in [2.24, 2.45) is 0 Å². The summed E-state index contributed by atoms with van der Waals surface area (Å²) in [5.41, 5.74) is 4.71. The van der Waals surface area contributed by atoms with Crippen LogP contribution in [0.5, 0.6) is 0 Å². The van der Waals surface area contributed by atoms with Crippen LogP contribution in [-0.2, 0) is 6.54 Å². The van der Waals surface area contributed by atoms with Crippen molar-refractivity contribution in [2.75, 3.05) is 31.5 Å². The normalized spacial score (nSPS) is 14.1. The zero-order chi connectivity index (χ0) is 21.9. The van der Waals surface area contributed by atoms with Gasteiger partial charge in [0, 0.05) is 42.8 Å². The minimum atomic E-state index is -0.194. The molecule has 4 aromatic rings. The number of piperazine rings is 1. The third-order valence-electron chi connectivity index (χ3n) is 5.62. The van der Waals surface area contributed by atoms with Crippen molar-refractivity contribution >= 4 is 51.0 Å². The number of rotatable bonds is 5. The lowest BCUT2D eigenvalue weighted by atomic mass is 10.1. The highest BCUT2D eigenvalue weighted by molar-refractivity contribution is 9.10. The minimum absolute atomic E-state index is 0. The quantitative estimate of drug-likeness (QED) is 0.367. The van der Waals surface area contributed by atoms with Crippen molar-refractivity contribution in [1.29, 1.82) is 0 Å². The molecule has 3 aromatic carbocycles. The highest BCUT2D eigenvalue weighted by atomic mass is 79.9. The molecular formula is C25H24BrClN4O2. The molecule has 0 bridgehead atoms. The number of nitrogens with zero attached hydrogens (tertiary/aromatic N) is 2. The Hall–Kier alpha value is -2.71. The molecule has 0 radical (unpaired) electrons. The van der Waals surface area contributed by atoms with Crippen LogP contribution in [0.1, 0.15) is 15.9 Å². The summed E-state index contributed by atoms with van der Waals surface area (Å²) in [6, 6.07) is 21.0. The average Bonchev–Trinajstić information content (AvgIpc) is 3.26. The van der Waals surface area contributed by atoms with Gasteiger partial charge in [-0.2, -0.15) is 0 Å². The Morgan fingerprint density at radius 1 is 1.03 bits per heavy atom. The molecule has 1 saturated heterocycles. The van der Waals surface area contributed by atoms with Crippen molar-refractivity contribution in [3.8, 4) is 11.5 Å². The van der Waals surface area contributed by atoms with Crippen LogP contribution in [0, 0.1) is 0 Å². The Labute approximate surface area is 206 Å². The molecule has 2 N–H and O–H groups in total. The zero-order valence-electron chi connectivity index (χ0n) is 17.9. The molecule has 6 nitrogen and oxygen atoms in total. The van der Waals surface area contributed by atoms with E-state index in [-0.39, 0.29) is 18.3 Å². The molecule has 170 valence electrons. The summed E-state index contributed by atoms with van der Waals surface area (Å²) in [4.78, 5) is 20.0. The summed E-state index contributed by atoms with van der Waals surface area (Å²) >= 11 is 3.45. The van der Waals surface area contributed by atoms with Crippen LogP contribution in [0.25, 0.3) is 22.6 Å². The number of halogens is 2. The van der Waals surface area contributed by atoms with E-state index in [4.69, 9.17) is 9.40 Å². The van der Waals surface area contributed by atoms with Gasteiger partial charge >= 0.3 is 0 Å². The van der Waals surface area contributed by atoms with Crippen molar-refractivity contribution < 1.29 is 9.21 Å². The first kappa shape index (κ1) is 23.4. The van der Waals surface area contributed by atoms with Gasteiger partial charge in [0.05, 0.1) is 16.8 Å². The molecular weight excluding hydrogens is 504 g/mol. The second-order valence-electron chi connectivity index (χ2n) is 7.79. The van der Waals surface area contributed by atoms with Gasteiger partial charge in [-0.25, -0.2) is 4.98 Å². The largest absolute Gasteiger partial charge is 0.436 e. The Bertz CT molecular complexity index is 1270. The molecule has 0 saturated carbocycles. The topological polar surface area (TPSA) is 70.4 Å². The molecule has 1 fully saturated rings. The fourth-order valence-electron chi connectivity index (χ4n) is 3.97. The zero-order valence-corrected chi connectivity index (χ0v) is 20.3. The number of carbonyl (C=O) groups is 1. The molecule has 33 heavy (non-hydrogen) atoms. The molecule has 1 aliphatic heterocycles. The van der Waals surface area contributed by atoms with Gasteiger partial charge in [0.1, 0.15) is 5.52 Å². The molecule has 8 heteroatoms. The SMILES string of the molecule is Cl.O=C(Nc1ccccc1-c1nc2cccc(CN3CCNCC3)c2o1)c1ccccc1Br. The van der Waals surface area contributed by atoms with Crippen LogP contribution in [0.3, 0.4) is 0 Å². The Balaban J connectivity index is 0.00000259. The number of aromatic nitrogens is 1. The van der Waals surface area contributed by atoms with Gasteiger partial charge in [-0.05, 0) is 46.3 Å². The fraction of sp³-hybridized carbons (Fsp3) is 0.200. The second kappa shape index (κ2) is 10.5. The molecule has 1 aliphatic rings. The van der Waals surface area contributed by atoms with Crippen LogP contribution < -0.4 is 10.6 Å². The summed E-state index contributed by atoms with van der Waals surface area (Å²) < 4.78 is 7.01. The molecule has 0 unspecified atom stereocenters. The van der Waals surface area contributed by atoms with E-state index in [1.54, 1.807) is 6.07 Å². The summed E-state index contributed by atoms with van der Waals surface area (Å²) in [5, 5.41) is 6.39. The second-order valence-corrected chi connectivity index (χ2v) is 8.64. The number of oxazole rings is 1. The number of carbonyl (C=O) groups excluding carboxylic acids is 1. The van der Waals surface area contributed by atoms with E-state index in [2.05, 4.69) is 37.5 Å². The van der Waals surface area contributed by atoms with Gasteiger partial charge in [0.2, 0.25) is 5.89 Å². The lowest BCUT2D eigenvalue weighted by Crippen LogP contribution is -2.42. The number of anilines is 1. The molecule has 0 atom stereocenters. The van der Waals surface area contributed by atoms with E-state index in [0.29, 0.717) is 17.1 Å². The van der Waals surface area contributed by atoms with Gasteiger partial charge in [-0.15, -0.1) is 12.4 Å². The predicted octanol–water partition coefficient (Wildman–Crippen LogP) is 5.34. The first-order valence-electron chi connectivity index (χ1n) is 10.7. The standard InChI is InChI=1S/C25H23BrN4O2.ClH/c26-20-9-3-1-7-18(20)24(31)28-21-10-4-2-8-19(21)25-29-22-11-5-6-17(23(22)32-25)16-30-14-12-27-13-15-30;/h1-11,27H,12-16H2,(H,28,31);1H. The van der Waals surface area contributed by atoms with Gasteiger partial charge in [0.15, 0.2) is 5.58 Å². The van der Waals surface area contributed by atoms with Gasteiger partial charge in [0.25, 0.3) is 5.91 Å². The number of benzene rings is 3. The number of hydrogen-bond donors (Lipinski definition) is 2. The molecule has 2 heterocycles. The maximum Gasteiger partial charge on any atom is 0.256 e. The van der Waals surface area contributed by atoms with E-state index in [1.807, 2.05) is 54.6 Å². The fourth-order valence-corrected chi connectivity index (χ4v) is 4.43. The highest BCUT2D eigenvalue weighted by Crippen LogP contribution is 2.32. The number of nitrogens with one attached hydrogen (secondary N) is 2. The number of para-hydroxylation sites is 2. The summed E-state index contributed by atoms with van der Waals surface area (Å²) in [7, 11) is 0. The first-order chi connectivity index (χ1) is 15.7. The van der Waals surface area contributed by atoms with Crippen LogP contribution >= 0.6 is 28.3 Å². The Kier molecular flexibility index (Phi) is 7.45. The lowest BCUT2D eigenvalue weighted by molar-refractivity contribution is 0.102. The molecule has 0 aliphatic carbocycles. The van der Waals surface area contributed by atoms with Crippen LogP contribution in [0.4, 0.5) is 5.69 Å².